The van der Waals surface area contributed by atoms with Crippen LogP contribution >= 0.6 is 0 Å². The minimum atomic E-state index is -0.484. The molecule has 0 atom stereocenters. The smallest absolute Gasteiger partial charge is 0.163 e. The Labute approximate surface area is 186 Å². The van der Waals surface area contributed by atoms with Gasteiger partial charge >= 0.3 is 0 Å². The minimum Gasteiger partial charge on any atom is -0.508 e. The predicted molar refractivity (Wildman–Crippen MR) is 122 cm³/mol. The quantitative estimate of drug-likeness (QED) is 0.515. The lowest BCUT2D eigenvalue weighted by atomic mass is 10.1. The number of anilines is 2. The van der Waals surface area contributed by atoms with Gasteiger partial charge in [-0.25, -0.2) is 14.4 Å². The molecule has 3 aromatic rings. The molecule has 1 fully saturated rings. The zero-order valence-electron chi connectivity index (χ0n) is 18.3. The molecule has 3 N–H and O–H groups in total. The van der Waals surface area contributed by atoms with E-state index in [1.807, 2.05) is 0 Å². The number of fused-ring (bicyclic) bond motifs is 1. The first-order valence-corrected chi connectivity index (χ1v) is 10.7. The summed E-state index contributed by atoms with van der Waals surface area (Å²) < 4.78 is 25.9. The van der Waals surface area contributed by atoms with E-state index in [-0.39, 0.29) is 11.4 Å². The van der Waals surface area contributed by atoms with Crippen LogP contribution in [0, 0.1) is 12.7 Å². The second-order valence-corrected chi connectivity index (χ2v) is 7.73. The number of hydrogen-bond donors (Lipinski definition) is 3. The molecule has 0 spiro atoms. The van der Waals surface area contributed by atoms with Crippen LogP contribution in [0.15, 0.2) is 30.6 Å². The zero-order chi connectivity index (χ0) is 22.5. The number of phenols is 1. The lowest BCUT2D eigenvalue weighted by molar-refractivity contribution is 0.212. The number of methoxy groups -OCH3 is 1. The largest absolute Gasteiger partial charge is 0.508 e. The van der Waals surface area contributed by atoms with Crippen LogP contribution in [0.1, 0.15) is 12.0 Å². The Hall–Kier alpha value is -3.17. The van der Waals surface area contributed by atoms with Gasteiger partial charge in [0.05, 0.1) is 18.3 Å². The molecule has 0 saturated carbocycles. The van der Waals surface area contributed by atoms with Crippen LogP contribution in [0.4, 0.5) is 15.9 Å². The van der Waals surface area contributed by atoms with Gasteiger partial charge in [-0.15, -0.1) is 0 Å². The van der Waals surface area contributed by atoms with E-state index in [4.69, 9.17) is 9.47 Å². The average Bonchev–Trinajstić information content (AvgIpc) is 3.08. The van der Waals surface area contributed by atoms with Gasteiger partial charge in [0.15, 0.2) is 11.5 Å². The summed E-state index contributed by atoms with van der Waals surface area (Å²) in [5, 5.41) is 17.0. The van der Waals surface area contributed by atoms with Crippen molar-refractivity contribution >= 4 is 22.4 Å². The summed E-state index contributed by atoms with van der Waals surface area (Å²) in [7, 11) is 1.57. The van der Waals surface area contributed by atoms with Crippen molar-refractivity contribution in [3.8, 4) is 17.2 Å². The molecule has 1 aliphatic rings. The number of benzene rings is 2. The molecule has 8 nitrogen and oxygen atoms in total. The van der Waals surface area contributed by atoms with E-state index in [0.29, 0.717) is 40.4 Å². The van der Waals surface area contributed by atoms with Crippen molar-refractivity contribution in [3.63, 3.8) is 0 Å². The standard InChI is InChI=1S/C23H28FN5O3/c1-15-19(30)5-4-17(24)22(15)28-23-16-12-20(31-2)21(13-18(16)26-14-27-23)32-11-10-29-8-3-6-25-7-9-29/h4-5,12-14,25,30H,3,6-11H2,1-2H3,(H,26,27,28). The maximum Gasteiger partial charge on any atom is 0.163 e. The van der Waals surface area contributed by atoms with Crippen LogP contribution in [0.25, 0.3) is 10.9 Å². The summed E-state index contributed by atoms with van der Waals surface area (Å²) in [6.07, 6.45) is 2.53. The summed E-state index contributed by atoms with van der Waals surface area (Å²) in [5.74, 6) is 1.06. The molecule has 170 valence electrons. The molecular formula is C23H28FN5O3. The highest BCUT2D eigenvalue weighted by atomic mass is 19.1. The molecule has 0 aliphatic carbocycles. The normalized spacial score (nSPS) is 14.8. The fraction of sp³-hybridized carbons (Fsp3) is 0.391. The van der Waals surface area contributed by atoms with Crippen molar-refractivity contribution in [1.82, 2.24) is 20.2 Å². The second kappa shape index (κ2) is 9.97. The maximum absolute atomic E-state index is 14.4. The molecular weight excluding hydrogens is 413 g/mol. The molecule has 0 radical (unpaired) electrons. The van der Waals surface area contributed by atoms with Crippen LogP contribution in [-0.2, 0) is 0 Å². The Morgan fingerprint density at radius 1 is 1.19 bits per heavy atom. The third-order valence-electron chi connectivity index (χ3n) is 5.65. The van der Waals surface area contributed by atoms with Crippen molar-refractivity contribution in [2.75, 3.05) is 51.8 Å². The fourth-order valence-electron chi connectivity index (χ4n) is 3.79. The van der Waals surface area contributed by atoms with Crippen molar-refractivity contribution < 1.29 is 19.0 Å². The van der Waals surface area contributed by atoms with Gasteiger partial charge < -0.3 is 25.2 Å². The van der Waals surface area contributed by atoms with E-state index in [1.165, 1.54) is 18.5 Å². The van der Waals surface area contributed by atoms with Crippen molar-refractivity contribution in [2.45, 2.75) is 13.3 Å². The van der Waals surface area contributed by atoms with Crippen molar-refractivity contribution in [3.05, 3.63) is 42.0 Å². The molecule has 1 aliphatic heterocycles. The van der Waals surface area contributed by atoms with Gasteiger partial charge in [0.2, 0.25) is 0 Å². The zero-order valence-corrected chi connectivity index (χ0v) is 18.3. The molecule has 2 aromatic carbocycles. The first-order chi connectivity index (χ1) is 15.6. The Bertz CT molecular complexity index is 1090. The van der Waals surface area contributed by atoms with Crippen LogP contribution in [0.5, 0.6) is 17.2 Å². The average molecular weight is 442 g/mol. The third kappa shape index (κ3) is 4.84. The molecule has 0 unspecified atom stereocenters. The van der Waals surface area contributed by atoms with Gasteiger partial charge in [-0.1, -0.05) is 0 Å². The number of nitrogens with zero attached hydrogens (tertiary/aromatic N) is 3. The Balaban J connectivity index is 1.56. The summed E-state index contributed by atoms with van der Waals surface area (Å²) >= 11 is 0. The van der Waals surface area contributed by atoms with Gasteiger partial charge in [0.25, 0.3) is 0 Å². The SMILES string of the molecule is COc1cc2c(Nc3c(F)ccc(O)c3C)ncnc2cc1OCCN1CCCNCC1. The van der Waals surface area contributed by atoms with E-state index in [9.17, 15) is 9.50 Å². The van der Waals surface area contributed by atoms with Crippen molar-refractivity contribution in [2.24, 2.45) is 0 Å². The summed E-state index contributed by atoms with van der Waals surface area (Å²) in [5.41, 5.74) is 1.19. The molecule has 9 heteroatoms. The second-order valence-electron chi connectivity index (χ2n) is 7.73. The number of hydrogen-bond acceptors (Lipinski definition) is 8. The number of ether oxygens (including phenoxy) is 2. The Kier molecular flexibility index (Phi) is 6.87. The van der Waals surface area contributed by atoms with Gasteiger partial charge in [-0.3, -0.25) is 4.90 Å². The van der Waals surface area contributed by atoms with E-state index in [1.54, 1.807) is 26.2 Å². The van der Waals surface area contributed by atoms with Gasteiger partial charge in [0, 0.05) is 36.7 Å². The molecule has 1 saturated heterocycles. The summed E-state index contributed by atoms with van der Waals surface area (Å²) in [6, 6.07) is 6.11. The Morgan fingerprint density at radius 2 is 2.06 bits per heavy atom. The third-order valence-corrected chi connectivity index (χ3v) is 5.65. The van der Waals surface area contributed by atoms with E-state index in [2.05, 4.69) is 25.5 Å². The van der Waals surface area contributed by atoms with Crippen LogP contribution in [-0.4, -0.2) is 66.4 Å². The van der Waals surface area contributed by atoms with Crippen molar-refractivity contribution in [1.29, 1.82) is 0 Å². The summed E-state index contributed by atoms with van der Waals surface area (Å²) in [4.78, 5) is 11.0. The first-order valence-electron chi connectivity index (χ1n) is 10.7. The van der Waals surface area contributed by atoms with Gasteiger partial charge in [-0.05, 0) is 44.6 Å². The predicted octanol–water partition coefficient (Wildman–Crippen LogP) is 3.21. The molecule has 2 heterocycles. The molecule has 0 bridgehead atoms. The molecule has 1 aromatic heterocycles. The monoisotopic (exact) mass is 441 g/mol. The van der Waals surface area contributed by atoms with E-state index >= 15 is 0 Å². The topological polar surface area (TPSA) is 91.8 Å². The first kappa shape index (κ1) is 22.0. The summed E-state index contributed by atoms with van der Waals surface area (Å²) in [6.45, 7) is 7.10. The molecule has 0 amide bonds. The molecule has 4 rings (SSSR count). The number of aromatic nitrogens is 2. The number of aromatic hydroxyl groups is 1. The molecule has 32 heavy (non-hydrogen) atoms. The maximum atomic E-state index is 14.4. The highest BCUT2D eigenvalue weighted by molar-refractivity contribution is 5.93. The van der Waals surface area contributed by atoms with E-state index in [0.717, 1.165) is 39.1 Å². The van der Waals surface area contributed by atoms with Gasteiger partial charge in [0.1, 0.15) is 30.3 Å². The van der Waals surface area contributed by atoms with Crippen LogP contribution in [0.3, 0.4) is 0 Å². The number of halogens is 1. The lowest BCUT2D eigenvalue weighted by Crippen LogP contribution is -2.31. The number of nitrogens with one attached hydrogen (secondary N) is 2. The highest BCUT2D eigenvalue weighted by Gasteiger charge is 2.16. The highest BCUT2D eigenvalue weighted by Crippen LogP contribution is 2.36. The minimum absolute atomic E-state index is 0.000665. The number of rotatable bonds is 7. The van der Waals surface area contributed by atoms with Gasteiger partial charge in [-0.2, -0.15) is 0 Å². The number of phenolic OH excluding ortho intramolecular Hbond substituents is 1. The fourth-order valence-corrected chi connectivity index (χ4v) is 3.79. The lowest BCUT2D eigenvalue weighted by Gasteiger charge is -2.20. The van der Waals surface area contributed by atoms with E-state index < -0.39 is 5.82 Å². The van der Waals surface area contributed by atoms with Crippen LogP contribution < -0.4 is 20.1 Å². The van der Waals surface area contributed by atoms with Crippen LogP contribution in [0.2, 0.25) is 0 Å². The Morgan fingerprint density at radius 3 is 2.91 bits per heavy atom.